The molecule has 3 aromatic rings. The van der Waals surface area contributed by atoms with E-state index in [9.17, 15) is 10.1 Å². The lowest BCUT2D eigenvalue weighted by Crippen LogP contribution is -1.89. The van der Waals surface area contributed by atoms with E-state index in [4.69, 9.17) is 13.9 Å². The first-order chi connectivity index (χ1) is 11.0. The van der Waals surface area contributed by atoms with Gasteiger partial charge in [0, 0.05) is 29.3 Å². The summed E-state index contributed by atoms with van der Waals surface area (Å²) < 4.78 is 16.2. The Bertz CT molecular complexity index is 879. The van der Waals surface area contributed by atoms with Crippen LogP contribution in [0.1, 0.15) is 5.56 Å². The first-order valence-electron chi connectivity index (χ1n) is 6.81. The van der Waals surface area contributed by atoms with E-state index < -0.39 is 4.92 Å². The van der Waals surface area contributed by atoms with Gasteiger partial charge in [0.2, 0.25) is 5.89 Å². The molecule has 1 heterocycles. The van der Waals surface area contributed by atoms with E-state index in [0.29, 0.717) is 39.6 Å². The van der Waals surface area contributed by atoms with E-state index in [2.05, 4.69) is 4.98 Å². The molecule has 1 aromatic heterocycles. The summed E-state index contributed by atoms with van der Waals surface area (Å²) in [5.74, 6) is 1.55. The largest absolute Gasteiger partial charge is 0.497 e. The smallest absolute Gasteiger partial charge is 0.272 e. The zero-order valence-corrected chi connectivity index (χ0v) is 12.8. The van der Waals surface area contributed by atoms with Gasteiger partial charge in [0.25, 0.3) is 5.69 Å². The number of hydrogen-bond donors (Lipinski definition) is 0. The molecular weight excluding hydrogens is 300 g/mol. The standard InChI is InChI=1S/C16H14N2O5/c1-9-4-11(18(19)20)7-14-15(9)23-16(17-14)10-5-12(21-2)8-13(6-10)22-3/h4-8H,1-3H3. The first kappa shape index (κ1) is 14.8. The summed E-state index contributed by atoms with van der Waals surface area (Å²) in [5, 5.41) is 11.0. The van der Waals surface area contributed by atoms with Crippen molar-refractivity contribution < 1.29 is 18.8 Å². The molecule has 0 radical (unpaired) electrons. The molecule has 0 aliphatic heterocycles. The molecule has 0 aliphatic rings. The summed E-state index contributed by atoms with van der Waals surface area (Å²) >= 11 is 0. The van der Waals surface area contributed by atoms with E-state index in [1.807, 2.05) is 0 Å². The number of fused-ring (bicyclic) bond motifs is 1. The second-order valence-corrected chi connectivity index (χ2v) is 4.99. The Labute approximate surface area is 131 Å². The maximum atomic E-state index is 11.0. The number of aryl methyl sites for hydroxylation is 1. The average molecular weight is 314 g/mol. The minimum absolute atomic E-state index is 0.0157. The van der Waals surface area contributed by atoms with Crippen LogP contribution in [0.5, 0.6) is 11.5 Å². The Morgan fingerprint density at radius 1 is 1.09 bits per heavy atom. The molecule has 0 fully saturated rings. The highest BCUT2D eigenvalue weighted by Crippen LogP contribution is 2.33. The predicted molar refractivity (Wildman–Crippen MR) is 83.9 cm³/mol. The monoisotopic (exact) mass is 314 g/mol. The van der Waals surface area contributed by atoms with Crippen LogP contribution < -0.4 is 9.47 Å². The highest BCUT2D eigenvalue weighted by Gasteiger charge is 2.16. The van der Waals surface area contributed by atoms with E-state index in [1.165, 1.54) is 12.1 Å². The van der Waals surface area contributed by atoms with E-state index in [1.54, 1.807) is 39.3 Å². The van der Waals surface area contributed by atoms with Crippen molar-refractivity contribution in [1.29, 1.82) is 0 Å². The number of hydrogen-bond acceptors (Lipinski definition) is 6. The van der Waals surface area contributed by atoms with Crippen LogP contribution in [0.2, 0.25) is 0 Å². The molecule has 0 atom stereocenters. The normalized spacial score (nSPS) is 10.7. The van der Waals surface area contributed by atoms with Crippen molar-refractivity contribution in [1.82, 2.24) is 4.98 Å². The highest BCUT2D eigenvalue weighted by atomic mass is 16.6. The molecule has 7 heteroatoms. The van der Waals surface area contributed by atoms with Gasteiger partial charge in [-0.05, 0) is 19.1 Å². The van der Waals surface area contributed by atoms with Crippen LogP contribution in [0.3, 0.4) is 0 Å². The van der Waals surface area contributed by atoms with Gasteiger partial charge in [0.15, 0.2) is 5.58 Å². The van der Waals surface area contributed by atoms with E-state index in [-0.39, 0.29) is 5.69 Å². The maximum Gasteiger partial charge on any atom is 0.272 e. The number of nitro groups is 1. The maximum absolute atomic E-state index is 11.0. The molecule has 3 rings (SSSR count). The van der Waals surface area contributed by atoms with Crippen molar-refractivity contribution in [2.24, 2.45) is 0 Å². The van der Waals surface area contributed by atoms with Crippen LogP contribution >= 0.6 is 0 Å². The van der Waals surface area contributed by atoms with Crippen molar-refractivity contribution in [2.45, 2.75) is 6.92 Å². The molecule has 0 saturated heterocycles. The number of aromatic nitrogens is 1. The number of nitro benzene ring substituents is 1. The number of non-ortho nitro benzene ring substituents is 1. The second kappa shape index (κ2) is 5.60. The zero-order chi connectivity index (χ0) is 16.6. The summed E-state index contributed by atoms with van der Waals surface area (Å²) in [6, 6.07) is 8.12. The lowest BCUT2D eigenvalue weighted by molar-refractivity contribution is -0.384. The molecule has 0 spiro atoms. The molecule has 2 aromatic carbocycles. The number of oxazole rings is 1. The number of ether oxygens (including phenoxy) is 2. The predicted octanol–water partition coefficient (Wildman–Crippen LogP) is 3.73. The fourth-order valence-electron chi connectivity index (χ4n) is 2.34. The Balaban J connectivity index is 2.17. The SMILES string of the molecule is COc1cc(OC)cc(-c2nc3cc([N+](=O)[O-])cc(C)c3o2)c1. The van der Waals surface area contributed by atoms with Gasteiger partial charge in [0.05, 0.1) is 19.1 Å². The van der Waals surface area contributed by atoms with Crippen LogP contribution in [-0.4, -0.2) is 24.1 Å². The van der Waals surface area contributed by atoms with Crippen molar-refractivity contribution in [3.63, 3.8) is 0 Å². The molecule has 0 unspecified atom stereocenters. The fourth-order valence-corrected chi connectivity index (χ4v) is 2.34. The van der Waals surface area contributed by atoms with Gasteiger partial charge in [-0.3, -0.25) is 10.1 Å². The van der Waals surface area contributed by atoms with E-state index >= 15 is 0 Å². The molecule has 0 aliphatic carbocycles. The van der Waals surface area contributed by atoms with Gasteiger partial charge < -0.3 is 13.9 Å². The third kappa shape index (κ3) is 2.68. The minimum atomic E-state index is -0.449. The van der Waals surface area contributed by atoms with Gasteiger partial charge in [-0.1, -0.05) is 0 Å². The average Bonchev–Trinajstić information content (AvgIpc) is 2.99. The Morgan fingerprint density at radius 3 is 2.30 bits per heavy atom. The highest BCUT2D eigenvalue weighted by molar-refractivity contribution is 5.82. The van der Waals surface area contributed by atoms with Crippen LogP contribution in [-0.2, 0) is 0 Å². The van der Waals surface area contributed by atoms with Gasteiger partial charge in [0.1, 0.15) is 17.0 Å². The fraction of sp³-hybridized carbons (Fsp3) is 0.188. The summed E-state index contributed by atoms with van der Waals surface area (Å²) in [7, 11) is 3.11. The van der Waals surface area contributed by atoms with Crippen molar-refractivity contribution >= 4 is 16.8 Å². The van der Waals surface area contributed by atoms with Crippen LogP contribution in [0.25, 0.3) is 22.6 Å². The van der Waals surface area contributed by atoms with Gasteiger partial charge in [-0.2, -0.15) is 0 Å². The number of rotatable bonds is 4. The first-order valence-corrected chi connectivity index (χ1v) is 6.81. The third-order valence-corrected chi connectivity index (χ3v) is 3.47. The summed E-state index contributed by atoms with van der Waals surface area (Å²) in [6.07, 6.45) is 0. The topological polar surface area (TPSA) is 87.6 Å². The van der Waals surface area contributed by atoms with Crippen LogP contribution in [0.15, 0.2) is 34.7 Å². The van der Waals surface area contributed by atoms with Gasteiger partial charge >= 0.3 is 0 Å². The van der Waals surface area contributed by atoms with E-state index in [0.717, 1.165) is 0 Å². The van der Waals surface area contributed by atoms with Crippen LogP contribution in [0, 0.1) is 17.0 Å². The van der Waals surface area contributed by atoms with Crippen molar-refractivity contribution in [2.75, 3.05) is 14.2 Å². The second-order valence-electron chi connectivity index (χ2n) is 4.99. The molecule has 0 N–H and O–H groups in total. The molecule has 118 valence electrons. The molecule has 0 amide bonds. The third-order valence-electron chi connectivity index (χ3n) is 3.47. The Kier molecular flexibility index (Phi) is 3.61. The van der Waals surface area contributed by atoms with Crippen molar-refractivity contribution in [3.8, 4) is 23.0 Å². The number of nitrogens with zero attached hydrogens (tertiary/aromatic N) is 2. The summed E-state index contributed by atoms with van der Waals surface area (Å²) in [4.78, 5) is 14.9. The quantitative estimate of drug-likeness (QED) is 0.538. The van der Waals surface area contributed by atoms with Crippen LogP contribution in [0.4, 0.5) is 5.69 Å². The Hall–Kier alpha value is -3.09. The number of benzene rings is 2. The molecule has 7 nitrogen and oxygen atoms in total. The molecular formula is C16H14N2O5. The minimum Gasteiger partial charge on any atom is -0.497 e. The molecule has 0 saturated carbocycles. The molecule has 0 bridgehead atoms. The van der Waals surface area contributed by atoms with Gasteiger partial charge in [-0.25, -0.2) is 4.98 Å². The lowest BCUT2D eigenvalue weighted by Gasteiger charge is -2.05. The molecule has 23 heavy (non-hydrogen) atoms. The zero-order valence-electron chi connectivity index (χ0n) is 12.8. The number of methoxy groups -OCH3 is 2. The summed E-state index contributed by atoms with van der Waals surface area (Å²) in [5.41, 5.74) is 2.27. The lowest BCUT2D eigenvalue weighted by atomic mass is 10.2. The Morgan fingerprint density at radius 2 is 1.74 bits per heavy atom. The van der Waals surface area contributed by atoms with Gasteiger partial charge in [-0.15, -0.1) is 0 Å². The summed E-state index contributed by atoms with van der Waals surface area (Å²) in [6.45, 7) is 1.75. The van der Waals surface area contributed by atoms with Crippen molar-refractivity contribution in [3.05, 3.63) is 46.0 Å².